The fraction of sp³-hybridized carbons (Fsp3) is 0.400. The molecule has 2 heterocycles. The topological polar surface area (TPSA) is 87.7 Å². The number of nitrogens with one attached hydrogen (secondary N) is 1. The second-order valence-corrected chi connectivity index (χ2v) is 6.68. The molecule has 0 saturated carbocycles. The van der Waals surface area contributed by atoms with Crippen molar-refractivity contribution >= 4 is 17.6 Å². The number of aromatic nitrogens is 2. The molecule has 0 radical (unpaired) electrons. The molecule has 1 aliphatic rings. The summed E-state index contributed by atoms with van der Waals surface area (Å²) in [6.07, 6.45) is 0. The number of nitrogens with zero attached hydrogens (tertiary/aromatic N) is 4. The molecule has 1 saturated heterocycles. The van der Waals surface area contributed by atoms with Crippen molar-refractivity contribution in [1.82, 2.24) is 20.2 Å². The van der Waals surface area contributed by atoms with Crippen molar-refractivity contribution in [1.29, 1.82) is 0 Å². The lowest BCUT2D eigenvalue weighted by atomic mass is 10.2. The van der Waals surface area contributed by atoms with Gasteiger partial charge in [-0.25, -0.2) is 9.97 Å². The summed E-state index contributed by atoms with van der Waals surface area (Å²) in [6, 6.07) is 9.23. The first-order chi connectivity index (χ1) is 13.5. The Morgan fingerprint density at radius 2 is 1.79 bits per heavy atom. The van der Waals surface area contributed by atoms with Crippen LogP contribution in [-0.4, -0.2) is 60.0 Å². The number of rotatable bonds is 5. The van der Waals surface area contributed by atoms with E-state index in [1.807, 2.05) is 29.2 Å². The fourth-order valence-electron chi connectivity index (χ4n) is 3.10. The van der Waals surface area contributed by atoms with Crippen LogP contribution < -0.4 is 15.0 Å². The summed E-state index contributed by atoms with van der Waals surface area (Å²) in [7, 11) is 1.62. The maximum atomic E-state index is 12.6. The fourth-order valence-corrected chi connectivity index (χ4v) is 3.10. The highest BCUT2D eigenvalue weighted by molar-refractivity contribution is 5.93. The molecule has 0 bridgehead atoms. The zero-order chi connectivity index (χ0) is 20.1. The Kier molecular flexibility index (Phi) is 6.08. The van der Waals surface area contributed by atoms with Gasteiger partial charge in [0.25, 0.3) is 5.91 Å². The minimum Gasteiger partial charge on any atom is -0.497 e. The lowest BCUT2D eigenvalue weighted by molar-refractivity contribution is -0.129. The van der Waals surface area contributed by atoms with Crippen LogP contribution in [0.1, 0.15) is 28.8 Å². The van der Waals surface area contributed by atoms with Gasteiger partial charge in [-0.2, -0.15) is 0 Å². The number of carbonyl (C=O) groups is 2. The Morgan fingerprint density at radius 1 is 1.11 bits per heavy atom. The summed E-state index contributed by atoms with van der Waals surface area (Å²) >= 11 is 0. The molecule has 1 aromatic carbocycles. The highest BCUT2D eigenvalue weighted by Gasteiger charge is 2.21. The molecule has 1 N–H and O–H groups in total. The van der Waals surface area contributed by atoms with E-state index in [2.05, 4.69) is 20.2 Å². The first kappa shape index (κ1) is 19.6. The van der Waals surface area contributed by atoms with Crippen molar-refractivity contribution in [3.05, 3.63) is 47.4 Å². The van der Waals surface area contributed by atoms with E-state index in [4.69, 9.17) is 4.74 Å². The average molecular weight is 383 g/mol. The highest BCUT2D eigenvalue weighted by Crippen LogP contribution is 2.16. The number of methoxy groups -OCH3 is 1. The van der Waals surface area contributed by atoms with Gasteiger partial charge in [0.2, 0.25) is 5.91 Å². The number of ether oxygens (including phenoxy) is 1. The molecule has 0 unspecified atom stereocenters. The SMILES string of the molecule is COc1ccc(CNC(=O)c2cc(N3CCN(C(C)=O)CC3)nc(C)n2)cc1. The Bertz CT molecular complexity index is 845. The molecule has 1 fully saturated rings. The van der Waals surface area contributed by atoms with E-state index >= 15 is 0 Å². The number of hydrogen-bond donors (Lipinski definition) is 1. The largest absolute Gasteiger partial charge is 0.497 e. The highest BCUT2D eigenvalue weighted by atomic mass is 16.5. The van der Waals surface area contributed by atoms with Gasteiger partial charge in [-0.05, 0) is 24.6 Å². The summed E-state index contributed by atoms with van der Waals surface area (Å²) < 4.78 is 5.14. The van der Waals surface area contributed by atoms with Crippen molar-refractivity contribution in [2.75, 3.05) is 38.2 Å². The zero-order valence-corrected chi connectivity index (χ0v) is 16.4. The molecule has 3 rings (SSSR count). The summed E-state index contributed by atoms with van der Waals surface area (Å²) in [4.78, 5) is 36.7. The van der Waals surface area contributed by atoms with Crippen LogP contribution in [0.15, 0.2) is 30.3 Å². The van der Waals surface area contributed by atoms with Crippen molar-refractivity contribution in [3.63, 3.8) is 0 Å². The van der Waals surface area contributed by atoms with Gasteiger partial charge in [0, 0.05) is 45.7 Å². The molecule has 1 aromatic heterocycles. The number of hydrogen-bond acceptors (Lipinski definition) is 6. The second-order valence-electron chi connectivity index (χ2n) is 6.68. The number of carbonyl (C=O) groups excluding carboxylic acids is 2. The van der Waals surface area contributed by atoms with E-state index in [1.165, 1.54) is 0 Å². The second kappa shape index (κ2) is 8.69. The van der Waals surface area contributed by atoms with Gasteiger partial charge in [0.15, 0.2) is 0 Å². The van der Waals surface area contributed by atoms with Crippen LogP contribution in [-0.2, 0) is 11.3 Å². The van der Waals surface area contributed by atoms with E-state index in [9.17, 15) is 9.59 Å². The first-order valence-electron chi connectivity index (χ1n) is 9.23. The van der Waals surface area contributed by atoms with Gasteiger partial charge >= 0.3 is 0 Å². The first-order valence-corrected chi connectivity index (χ1v) is 9.23. The molecule has 2 amide bonds. The number of benzene rings is 1. The van der Waals surface area contributed by atoms with Crippen LogP contribution in [0.4, 0.5) is 5.82 Å². The third kappa shape index (κ3) is 4.76. The summed E-state index contributed by atoms with van der Waals surface area (Å²) in [6.45, 7) is 6.42. The standard InChI is InChI=1S/C20H25N5O3/c1-14-22-18(20(27)21-13-16-4-6-17(28-3)7-5-16)12-19(23-14)25-10-8-24(9-11-25)15(2)26/h4-7,12H,8-11,13H2,1-3H3,(H,21,27). The van der Waals surface area contributed by atoms with Crippen LogP contribution in [0.5, 0.6) is 5.75 Å². The average Bonchev–Trinajstić information content (AvgIpc) is 2.72. The third-order valence-electron chi connectivity index (χ3n) is 4.72. The van der Waals surface area contributed by atoms with E-state index < -0.39 is 0 Å². The van der Waals surface area contributed by atoms with Gasteiger partial charge in [-0.1, -0.05) is 12.1 Å². The van der Waals surface area contributed by atoms with Crippen molar-refractivity contribution in [2.24, 2.45) is 0 Å². The predicted octanol–water partition coefficient (Wildman–Crippen LogP) is 1.39. The minimum absolute atomic E-state index is 0.0807. The van der Waals surface area contributed by atoms with Crippen molar-refractivity contribution in [3.8, 4) is 5.75 Å². The zero-order valence-electron chi connectivity index (χ0n) is 16.4. The maximum absolute atomic E-state index is 12.6. The van der Waals surface area contributed by atoms with Crippen LogP contribution in [0.3, 0.4) is 0 Å². The van der Waals surface area contributed by atoms with E-state index in [1.54, 1.807) is 27.0 Å². The summed E-state index contributed by atoms with van der Waals surface area (Å²) in [5.74, 6) is 1.87. The van der Waals surface area contributed by atoms with Crippen LogP contribution in [0.25, 0.3) is 0 Å². The Balaban J connectivity index is 1.65. The number of aryl methyl sites for hydroxylation is 1. The molecule has 0 aliphatic carbocycles. The Labute approximate surface area is 164 Å². The van der Waals surface area contributed by atoms with Crippen molar-refractivity contribution < 1.29 is 14.3 Å². The van der Waals surface area contributed by atoms with Crippen LogP contribution in [0, 0.1) is 6.92 Å². The van der Waals surface area contributed by atoms with E-state index in [0.29, 0.717) is 50.1 Å². The molecule has 28 heavy (non-hydrogen) atoms. The van der Waals surface area contributed by atoms with Crippen molar-refractivity contribution in [2.45, 2.75) is 20.4 Å². The van der Waals surface area contributed by atoms with Gasteiger partial charge in [0.05, 0.1) is 7.11 Å². The molecule has 8 heteroatoms. The van der Waals surface area contributed by atoms with E-state index in [-0.39, 0.29) is 11.8 Å². The maximum Gasteiger partial charge on any atom is 0.270 e. The number of piperazine rings is 1. The summed E-state index contributed by atoms with van der Waals surface area (Å²) in [5.41, 5.74) is 1.31. The molecule has 1 aliphatic heterocycles. The Hall–Kier alpha value is -3.16. The van der Waals surface area contributed by atoms with Crippen LogP contribution >= 0.6 is 0 Å². The lowest BCUT2D eigenvalue weighted by Gasteiger charge is -2.35. The molecule has 148 valence electrons. The van der Waals surface area contributed by atoms with Gasteiger partial charge < -0.3 is 19.9 Å². The van der Waals surface area contributed by atoms with Gasteiger partial charge in [-0.3, -0.25) is 9.59 Å². The number of anilines is 1. The predicted molar refractivity (Wildman–Crippen MR) is 105 cm³/mol. The minimum atomic E-state index is -0.245. The van der Waals surface area contributed by atoms with Gasteiger partial charge in [-0.15, -0.1) is 0 Å². The lowest BCUT2D eigenvalue weighted by Crippen LogP contribution is -2.48. The van der Waals surface area contributed by atoms with E-state index in [0.717, 1.165) is 11.3 Å². The Morgan fingerprint density at radius 3 is 2.39 bits per heavy atom. The molecule has 8 nitrogen and oxygen atoms in total. The molecule has 0 spiro atoms. The van der Waals surface area contributed by atoms with Crippen LogP contribution in [0.2, 0.25) is 0 Å². The molecule has 0 atom stereocenters. The smallest absolute Gasteiger partial charge is 0.270 e. The molecule has 2 aromatic rings. The normalized spacial score (nSPS) is 14.0. The molecular weight excluding hydrogens is 358 g/mol. The number of amides is 2. The summed E-state index contributed by atoms with van der Waals surface area (Å²) in [5, 5.41) is 2.89. The quantitative estimate of drug-likeness (QED) is 0.840. The molecular formula is C20H25N5O3. The monoisotopic (exact) mass is 383 g/mol. The van der Waals surface area contributed by atoms with Gasteiger partial charge in [0.1, 0.15) is 23.1 Å². The third-order valence-corrected chi connectivity index (χ3v) is 4.72.